The number of amides is 3. The summed E-state index contributed by atoms with van der Waals surface area (Å²) in [6, 6.07) is 10.4. The largest absolute Gasteiger partial charge is 0.483 e. The summed E-state index contributed by atoms with van der Waals surface area (Å²) in [7, 11) is 0. The first-order valence-electron chi connectivity index (χ1n) is 11.1. The average Bonchev–Trinajstić information content (AvgIpc) is 3.37. The van der Waals surface area contributed by atoms with E-state index in [0.29, 0.717) is 24.4 Å². The van der Waals surface area contributed by atoms with E-state index in [1.807, 2.05) is 24.0 Å². The van der Waals surface area contributed by atoms with Gasteiger partial charge in [-0.1, -0.05) is 12.1 Å². The first-order chi connectivity index (χ1) is 15.9. The van der Waals surface area contributed by atoms with Crippen molar-refractivity contribution in [1.29, 1.82) is 0 Å². The molecule has 0 unspecified atom stereocenters. The Morgan fingerprint density at radius 3 is 2.52 bits per heavy atom. The van der Waals surface area contributed by atoms with E-state index in [0.717, 1.165) is 42.4 Å². The van der Waals surface area contributed by atoms with Crippen molar-refractivity contribution in [3.8, 4) is 5.75 Å². The highest BCUT2D eigenvalue weighted by Gasteiger charge is 2.30. The quantitative estimate of drug-likeness (QED) is 0.698. The molecule has 1 aromatic carbocycles. The van der Waals surface area contributed by atoms with Gasteiger partial charge in [-0.2, -0.15) is 0 Å². The molecule has 33 heavy (non-hydrogen) atoms. The zero-order chi connectivity index (χ0) is 23.4. The predicted molar refractivity (Wildman–Crippen MR) is 126 cm³/mol. The van der Waals surface area contributed by atoms with Crippen LogP contribution < -0.4 is 10.5 Å². The summed E-state index contributed by atoms with van der Waals surface area (Å²) >= 11 is 1.76. The van der Waals surface area contributed by atoms with E-state index in [2.05, 4.69) is 0 Å². The molecule has 2 aliphatic heterocycles. The third-order valence-electron chi connectivity index (χ3n) is 6.07. The minimum atomic E-state index is -0.595. The summed E-state index contributed by atoms with van der Waals surface area (Å²) in [5.41, 5.74) is 8.03. The van der Waals surface area contributed by atoms with Crippen LogP contribution in [0.1, 0.15) is 50.9 Å². The Balaban J connectivity index is 1.38. The number of primary amides is 1. The van der Waals surface area contributed by atoms with Crippen LogP contribution in [0.5, 0.6) is 5.75 Å². The molecule has 2 aromatic rings. The van der Waals surface area contributed by atoms with Crippen molar-refractivity contribution in [3.63, 3.8) is 0 Å². The highest BCUT2D eigenvalue weighted by atomic mass is 32.2. The van der Waals surface area contributed by atoms with Crippen LogP contribution in [0, 0.1) is 6.92 Å². The van der Waals surface area contributed by atoms with Crippen molar-refractivity contribution in [2.45, 2.75) is 25.7 Å². The molecule has 8 nitrogen and oxygen atoms in total. The van der Waals surface area contributed by atoms with E-state index in [9.17, 15) is 14.4 Å². The minimum Gasteiger partial charge on any atom is -0.483 e. The zero-order valence-electron chi connectivity index (χ0n) is 18.7. The number of nitrogens with zero attached hydrogens (tertiary/aromatic N) is 3. The Bertz CT molecular complexity index is 1050. The number of rotatable bonds is 6. The predicted octanol–water partition coefficient (Wildman–Crippen LogP) is 2.42. The Hall–Kier alpha value is -3.07. The number of benzene rings is 1. The molecule has 3 amide bonds. The van der Waals surface area contributed by atoms with E-state index in [1.165, 1.54) is 0 Å². The van der Waals surface area contributed by atoms with E-state index >= 15 is 0 Å². The molecule has 0 bridgehead atoms. The number of para-hydroxylation sites is 1. The molecule has 0 atom stereocenters. The number of hydrogen-bond acceptors (Lipinski definition) is 6. The Kier molecular flexibility index (Phi) is 7.17. The number of carbonyl (C=O) groups is 3. The fraction of sp³-hybridized carbons (Fsp3) is 0.417. The van der Waals surface area contributed by atoms with Crippen LogP contribution in [0.15, 0.2) is 36.4 Å². The molecule has 0 aliphatic carbocycles. The maximum Gasteiger partial charge on any atom is 0.260 e. The number of ether oxygens (including phenoxy) is 1. The van der Waals surface area contributed by atoms with Gasteiger partial charge in [-0.15, -0.1) is 11.8 Å². The van der Waals surface area contributed by atoms with Crippen LogP contribution in [0.2, 0.25) is 0 Å². The van der Waals surface area contributed by atoms with E-state index in [-0.39, 0.29) is 29.9 Å². The first kappa shape index (κ1) is 23.1. The summed E-state index contributed by atoms with van der Waals surface area (Å²) in [4.78, 5) is 45.7. The number of carbonyl (C=O) groups excluding carboxylic acids is 3. The van der Waals surface area contributed by atoms with Crippen LogP contribution in [0.25, 0.3) is 0 Å². The van der Waals surface area contributed by atoms with Crippen LogP contribution in [-0.4, -0.2) is 70.4 Å². The Labute approximate surface area is 197 Å². The molecule has 0 radical (unpaired) electrons. The molecular weight excluding hydrogens is 440 g/mol. The number of hydrogen-bond donors (Lipinski definition) is 1. The second kappa shape index (κ2) is 10.2. The SMILES string of the molecule is Cc1ccc(C(=O)N2CCSC2)c(C2CCN(C(=O)COc3ccccc3C(N)=O)CC2)n1. The summed E-state index contributed by atoms with van der Waals surface area (Å²) in [5, 5.41) is 0. The van der Waals surface area contributed by atoms with Crippen molar-refractivity contribution in [2.75, 3.05) is 37.9 Å². The number of thioether (sulfide) groups is 1. The van der Waals surface area contributed by atoms with Crippen LogP contribution >= 0.6 is 11.8 Å². The van der Waals surface area contributed by atoms with Gasteiger partial charge < -0.3 is 20.3 Å². The standard InChI is InChI=1S/C24H28N4O4S/c1-16-6-7-19(24(31)28-12-13-33-15-28)22(26-16)17-8-10-27(11-9-17)21(29)14-32-20-5-3-2-4-18(20)23(25)30/h2-7,17H,8-15H2,1H3,(H2,25,30). The third-order valence-corrected chi connectivity index (χ3v) is 7.04. The fourth-order valence-corrected chi connectivity index (χ4v) is 5.19. The van der Waals surface area contributed by atoms with E-state index in [4.69, 9.17) is 15.5 Å². The molecule has 174 valence electrons. The monoisotopic (exact) mass is 468 g/mol. The van der Waals surface area contributed by atoms with E-state index < -0.39 is 5.91 Å². The fourth-order valence-electron chi connectivity index (χ4n) is 4.24. The number of pyridine rings is 1. The first-order valence-corrected chi connectivity index (χ1v) is 12.2. The number of aryl methyl sites for hydroxylation is 1. The molecular formula is C24H28N4O4S. The maximum absolute atomic E-state index is 13.0. The van der Waals surface area contributed by atoms with Crippen molar-refractivity contribution in [2.24, 2.45) is 5.73 Å². The lowest BCUT2D eigenvalue weighted by molar-refractivity contribution is -0.134. The van der Waals surface area contributed by atoms with Crippen LogP contribution in [0.3, 0.4) is 0 Å². The van der Waals surface area contributed by atoms with Gasteiger partial charge in [-0.05, 0) is 44.0 Å². The molecule has 9 heteroatoms. The zero-order valence-corrected chi connectivity index (χ0v) is 19.5. The van der Waals surface area contributed by atoms with Crippen molar-refractivity contribution < 1.29 is 19.1 Å². The molecule has 2 fully saturated rings. The Morgan fingerprint density at radius 2 is 1.82 bits per heavy atom. The molecule has 0 saturated carbocycles. The Morgan fingerprint density at radius 1 is 1.06 bits per heavy atom. The van der Waals surface area contributed by atoms with Gasteiger partial charge in [-0.25, -0.2) is 0 Å². The molecule has 2 aliphatic rings. The number of aromatic nitrogens is 1. The molecule has 3 heterocycles. The normalized spacial score (nSPS) is 16.6. The average molecular weight is 469 g/mol. The minimum absolute atomic E-state index is 0.0440. The van der Waals surface area contributed by atoms with Crippen LogP contribution in [0.4, 0.5) is 0 Å². The number of likely N-dealkylation sites (tertiary alicyclic amines) is 1. The highest BCUT2D eigenvalue weighted by Crippen LogP contribution is 2.31. The lowest BCUT2D eigenvalue weighted by Gasteiger charge is -2.32. The third kappa shape index (κ3) is 5.30. The van der Waals surface area contributed by atoms with Gasteiger partial charge in [-0.3, -0.25) is 19.4 Å². The van der Waals surface area contributed by atoms with Gasteiger partial charge in [0, 0.05) is 37.0 Å². The van der Waals surface area contributed by atoms with Gasteiger partial charge in [0.2, 0.25) is 0 Å². The number of nitrogens with two attached hydrogens (primary N) is 1. The topological polar surface area (TPSA) is 106 Å². The van der Waals surface area contributed by atoms with Crippen molar-refractivity contribution in [1.82, 2.24) is 14.8 Å². The lowest BCUT2D eigenvalue weighted by atomic mass is 9.89. The van der Waals surface area contributed by atoms with E-state index in [1.54, 1.807) is 40.9 Å². The molecule has 4 rings (SSSR count). The number of piperidine rings is 1. The molecule has 1 aromatic heterocycles. The molecule has 2 N–H and O–H groups in total. The molecule has 0 spiro atoms. The second-order valence-electron chi connectivity index (χ2n) is 8.30. The maximum atomic E-state index is 13.0. The smallest absolute Gasteiger partial charge is 0.260 e. The van der Waals surface area contributed by atoms with Gasteiger partial charge in [0.15, 0.2) is 6.61 Å². The lowest BCUT2D eigenvalue weighted by Crippen LogP contribution is -2.41. The van der Waals surface area contributed by atoms with Gasteiger partial charge >= 0.3 is 0 Å². The molecule has 2 saturated heterocycles. The summed E-state index contributed by atoms with van der Waals surface area (Å²) in [5.74, 6) is 1.42. The summed E-state index contributed by atoms with van der Waals surface area (Å²) < 4.78 is 5.59. The summed E-state index contributed by atoms with van der Waals surface area (Å²) in [6.45, 7) is 3.67. The van der Waals surface area contributed by atoms with Crippen molar-refractivity contribution in [3.05, 3.63) is 58.9 Å². The second-order valence-corrected chi connectivity index (χ2v) is 9.37. The summed E-state index contributed by atoms with van der Waals surface area (Å²) in [6.07, 6.45) is 1.46. The highest BCUT2D eigenvalue weighted by molar-refractivity contribution is 7.99. The van der Waals surface area contributed by atoms with Crippen molar-refractivity contribution >= 4 is 29.5 Å². The van der Waals surface area contributed by atoms with Crippen LogP contribution in [-0.2, 0) is 4.79 Å². The van der Waals surface area contributed by atoms with Gasteiger partial charge in [0.05, 0.1) is 22.7 Å². The van der Waals surface area contributed by atoms with Gasteiger partial charge in [0.25, 0.3) is 17.7 Å². The van der Waals surface area contributed by atoms with Gasteiger partial charge in [0.1, 0.15) is 5.75 Å².